The van der Waals surface area contributed by atoms with Gasteiger partial charge in [-0.3, -0.25) is 0 Å². The van der Waals surface area contributed by atoms with Crippen molar-refractivity contribution in [2.45, 2.75) is 6.04 Å². The summed E-state index contributed by atoms with van der Waals surface area (Å²) in [7, 11) is 0. The van der Waals surface area contributed by atoms with Crippen molar-refractivity contribution in [1.82, 2.24) is 0 Å². The number of rotatable bonds is 0. The molecule has 0 aromatic rings. The molecule has 0 spiro atoms. The molecule has 8 heavy (non-hydrogen) atoms. The van der Waals surface area contributed by atoms with Gasteiger partial charge in [-0.05, 0) is 6.08 Å². The van der Waals surface area contributed by atoms with E-state index in [1.54, 1.807) is 12.3 Å². The summed E-state index contributed by atoms with van der Waals surface area (Å²) in [5.74, 6) is 0. The lowest BCUT2D eigenvalue weighted by atomic mass is 10.2. The fourth-order valence-corrected chi connectivity index (χ4v) is 0.594. The number of allylic oxidation sites excluding steroid dienone is 1. The van der Waals surface area contributed by atoms with E-state index in [0.717, 1.165) is 0 Å². The Balaban J connectivity index is 2.74. The number of nitrogens with two attached hydrogens (primary N) is 1. The van der Waals surface area contributed by atoms with Gasteiger partial charge >= 0.3 is 0 Å². The molecular formula is C5H6N2S. The van der Waals surface area contributed by atoms with Gasteiger partial charge in [-0.2, -0.15) is 0 Å². The third kappa shape index (κ3) is 0.993. The highest BCUT2D eigenvalue weighted by molar-refractivity contribution is 7.80. The molecule has 2 N–H and O–H groups in total. The third-order valence-corrected chi connectivity index (χ3v) is 1.27. The lowest BCUT2D eigenvalue weighted by Crippen LogP contribution is -2.26. The van der Waals surface area contributed by atoms with Crippen LogP contribution < -0.4 is 5.73 Å². The molecule has 1 aliphatic heterocycles. The molecule has 0 saturated carbocycles. The summed E-state index contributed by atoms with van der Waals surface area (Å²) >= 11 is 4.75. The Hall–Kier alpha value is -0.540. The number of dihydropyridines is 1. The number of nitrogens with zero attached hydrogens (tertiary/aromatic N) is 1. The molecule has 0 saturated heterocycles. The van der Waals surface area contributed by atoms with Crippen LogP contribution >= 0.6 is 12.2 Å². The van der Waals surface area contributed by atoms with E-state index in [2.05, 4.69) is 4.99 Å². The summed E-state index contributed by atoms with van der Waals surface area (Å²) < 4.78 is 0. The first-order valence-corrected chi connectivity index (χ1v) is 2.72. The van der Waals surface area contributed by atoms with Crippen molar-refractivity contribution in [3.63, 3.8) is 0 Å². The number of hydrogen-bond acceptors (Lipinski definition) is 2. The van der Waals surface area contributed by atoms with Gasteiger partial charge in [-0.1, -0.05) is 18.3 Å². The Kier molecular flexibility index (Phi) is 1.50. The second-order valence-electron chi connectivity index (χ2n) is 1.53. The maximum Gasteiger partial charge on any atom is 0.123 e. The summed E-state index contributed by atoms with van der Waals surface area (Å²) in [6.45, 7) is 0. The predicted octanol–water partition coefficient (Wildman–Crippen LogP) is 0.282. The second kappa shape index (κ2) is 2.15. The molecular weight excluding hydrogens is 120 g/mol. The molecule has 1 atom stereocenters. The molecule has 3 heteroatoms. The predicted molar refractivity (Wildman–Crippen MR) is 38.2 cm³/mol. The van der Waals surface area contributed by atoms with Crippen LogP contribution in [0.2, 0.25) is 0 Å². The van der Waals surface area contributed by atoms with E-state index in [0.29, 0.717) is 4.99 Å². The second-order valence-corrected chi connectivity index (χ2v) is 1.95. The van der Waals surface area contributed by atoms with Crippen LogP contribution in [0.1, 0.15) is 0 Å². The molecule has 0 amide bonds. The molecule has 42 valence electrons. The average Bonchev–Trinajstić information content (AvgIpc) is 1.77. The van der Waals surface area contributed by atoms with E-state index in [9.17, 15) is 0 Å². The standard InChI is InChI=1S/C5H6N2S/c6-4-2-1-3-7-5(4)8/h1-4H,6H2. The van der Waals surface area contributed by atoms with E-state index >= 15 is 0 Å². The average molecular weight is 126 g/mol. The Morgan fingerprint density at radius 3 is 2.88 bits per heavy atom. The monoisotopic (exact) mass is 126 g/mol. The Morgan fingerprint density at radius 1 is 1.75 bits per heavy atom. The first-order valence-electron chi connectivity index (χ1n) is 2.31. The first kappa shape index (κ1) is 5.59. The number of thiocarbonyl (C=S) groups is 1. The van der Waals surface area contributed by atoms with Crippen LogP contribution in [0.3, 0.4) is 0 Å². The van der Waals surface area contributed by atoms with E-state index in [4.69, 9.17) is 18.0 Å². The van der Waals surface area contributed by atoms with Crippen molar-refractivity contribution in [2.75, 3.05) is 0 Å². The Morgan fingerprint density at radius 2 is 2.50 bits per heavy atom. The zero-order valence-electron chi connectivity index (χ0n) is 4.24. The molecule has 0 aliphatic carbocycles. The van der Waals surface area contributed by atoms with Gasteiger partial charge in [0.15, 0.2) is 0 Å². The normalized spacial score (nSPS) is 26.6. The van der Waals surface area contributed by atoms with Crippen LogP contribution in [-0.4, -0.2) is 17.2 Å². The number of hydrogen-bond donors (Lipinski definition) is 1. The van der Waals surface area contributed by atoms with Crippen molar-refractivity contribution in [3.05, 3.63) is 12.2 Å². The highest BCUT2D eigenvalue weighted by Crippen LogP contribution is 1.93. The molecule has 2 nitrogen and oxygen atoms in total. The summed E-state index contributed by atoms with van der Waals surface area (Å²) in [6.07, 6.45) is 5.25. The van der Waals surface area contributed by atoms with Gasteiger partial charge < -0.3 is 5.73 Å². The topological polar surface area (TPSA) is 38.4 Å². The van der Waals surface area contributed by atoms with E-state index in [1.807, 2.05) is 6.08 Å². The van der Waals surface area contributed by atoms with E-state index < -0.39 is 0 Å². The zero-order chi connectivity index (χ0) is 5.98. The van der Waals surface area contributed by atoms with Gasteiger partial charge in [-0.25, -0.2) is 4.99 Å². The van der Waals surface area contributed by atoms with Crippen LogP contribution in [0.25, 0.3) is 0 Å². The molecule has 1 aliphatic rings. The van der Waals surface area contributed by atoms with Crippen molar-refractivity contribution in [2.24, 2.45) is 10.7 Å². The van der Waals surface area contributed by atoms with Gasteiger partial charge in [-0.15, -0.1) is 0 Å². The van der Waals surface area contributed by atoms with Crippen LogP contribution in [0.5, 0.6) is 0 Å². The first-order chi connectivity index (χ1) is 3.80. The third-order valence-electron chi connectivity index (χ3n) is 0.891. The van der Waals surface area contributed by atoms with Crippen molar-refractivity contribution in [3.8, 4) is 0 Å². The summed E-state index contributed by atoms with van der Waals surface area (Å²) in [5.41, 5.74) is 5.44. The fourth-order valence-electron chi connectivity index (χ4n) is 0.454. The van der Waals surface area contributed by atoms with Crippen LogP contribution in [0, 0.1) is 0 Å². The molecule has 0 bridgehead atoms. The Bertz CT molecular complexity index is 160. The van der Waals surface area contributed by atoms with E-state index in [-0.39, 0.29) is 6.04 Å². The molecule has 1 unspecified atom stereocenters. The maximum absolute atomic E-state index is 5.44. The minimum Gasteiger partial charge on any atom is -0.319 e. The highest BCUT2D eigenvalue weighted by Gasteiger charge is 2.03. The molecule has 0 aromatic carbocycles. The van der Waals surface area contributed by atoms with Crippen LogP contribution in [-0.2, 0) is 0 Å². The van der Waals surface area contributed by atoms with Gasteiger partial charge in [0.2, 0.25) is 0 Å². The van der Waals surface area contributed by atoms with Crippen LogP contribution in [0.15, 0.2) is 17.1 Å². The summed E-state index contributed by atoms with van der Waals surface area (Å²) in [5, 5.41) is 0. The van der Waals surface area contributed by atoms with Gasteiger partial charge in [0.05, 0.1) is 6.04 Å². The molecule has 0 radical (unpaired) electrons. The van der Waals surface area contributed by atoms with E-state index in [1.165, 1.54) is 0 Å². The van der Waals surface area contributed by atoms with Gasteiger partial charge in [0, 0.05) is 6.21 Å². The molecule has 0 aromatic heterocycles. The molecule has 0 fully saturated rings. The zero-order valence-corrected chi connectivity index (χ0v) is 5.06. The quantitative estimate of drug-likeness (QED) is 0.473. The minimum atomic E-state index is -0.144. The molecule has 1 heterocycles. The minimum absolute atomic E-state index is 0.144. The van der Waals surface area contributed by atoms with Crippen molar-refractivity contribution in [1.29, 1.82) is 0 Å². The highest BCUT2D eigenvalue weighted by atomic mass is 32.1. The smallest absolute Gasteiger partial charge is 0.123 e. The van der Waals surface area contributed by atoms with Crippen molar-refractivity contribution >= 4 is 23.4 Å². The lowest BCUT2D eigenvalue weighted by Gasteiger charge is -2.04. The summed E-state index contributed by atoms with van der Waals surface area (Å²) in [6, 6.07) is -0.144. The number of aliphatic imine (C=N–C) groups is 1. The maximum atomic E-state index is 5.44. The SMILES string of the molecule is NC1C=CC=NC1=S. The van der Waals surface area contributed by atoms with Crippen molar-refractivity contribution < 1.29 is 0 Å². The largest absolute Gasteiger partial charge is 0.319 e. The summed E-state index contributed by atoms with van der Waals surface area (Å²) in [4.78, 5) is 4.37. The molecule has 1 rings (SSSR count). The van der Waals surface area contributed by atoms with Crippen LogP contribution in [0.4, 0.5) is 0 Å². The lowest BCUT2D eigenvalue weighted by molar-refractivity contribution is 1.08. The Labute approximate surface area is 53.1 Å². The fraction of sp³-hybridized carbons (Fsp3) is 0.200. The van der Waals surface area contributed by atoms with Gasteiger partial charge in [0.1, 0.15) is 4.99 Å². The van der Waals surface area contributed by atoms with Gasteiger partial charge in [0.25, 0.3) is 0 Å².